The molecule has 10 atom stereocenters. The van der Waals surface area contributed by atoms with Crippen LogP contribution in [0.5, 0.6) is 0 Å². The van der Waals surface area contributed by atoms with E-state index in [-0.39, 0.29) is 59.7 Å². The first kappa shape index (κ1) is 27.5. The summed E-state index contributed by atoms with van der Waals surface area (Å²) in [7, 11) is 0. The SMILES string of the molecule is [CH2-]C1O[C@H](OC2C([CH2-])O[C@H](OCC)C(O)[C@H]2O)C(O)[C@@H](O)C1CC.[W].[Y]. The smallest absolute Gasteiger partial charge is 0.184 e. The molecular formula is C16H28O8WY-2. The van der Waals surface area contributed by atoms with Crippen LogP contribution in [0, 0.1) is 19.8 Å². The molecule has 0 saturated carbocycles. The van der Waals surface area contributed by atoms with Gasteiger partial charge in [-0.2, -0.15) is 0 Å². The zero-order valence-electron chi connectivity index (χ0n) is 15.0. The summed E-state index contributed by atoms with van der Waals surface area (Å²) in [5.41, 5.74) is 0. The van der Waals surface area contributed by atoms with Crippen molar-refractivity contribution in [3.8, 4) is 0 Å². The van der Waals surface area contributed by atoms with Crippen molar-refractivity contribution in [2.45, 2.75) is 75.6 Å². The minimum atomic E-state index is -1.35. The zero-order chi connectivity index (χ0) is 18.0. The Hall–Kier alpha value is 1.47. The molecule has 8 nitrogen and oxygen atoms in total. The van der Waals surface area contributed by atoms with Crippen LogP contribution in [0.3, 0.4) is 0 Å². The van der Waals surface area contributed by atoms with E-state index in [2.05, 4.69) is 13.8 Å². The molecule has 151 valence electrons. The Morgan fingerprint density at radius 3 is 1.92 bits per heavy atom. The molecule has 0 bridgehead atoms. The number of aliphatic hydroxyl groups excluding tert-OH is 4. The predicted molar refractivity (Wildman–Crippen MR) is 82.3 cm³/mol. The Balaban J connectivity index is 0.00000312. The molecule has 2 fully saturated rings. The molecule has 4 N–H and O–H groups in total. The Morgan fingerprint density at radius 1 is 0.846 bits per heavy atom. The van der Waals surface area contributed by atoms with E-state index in [1.54, 1.807) is 6.92 Å². The topological polar surface area (TPSA) is 118 Å². The van der Waals surface area contributed by atoms with Crippen molar-refractivity contribution >= 4 is 0 Å². The van der Waals surface area contributed by atoms with Gasteiger partial charge in [0.05, 0.1) is 12.2 Å². The third-order valence-electron chi connectivity index (χ3n) is 4.59. The second-order valence-electron chi connectivity index (χ2n) is 6.18. The molecule has 0 aromatic heterocycles. The van der Waals surface area contributed by atoms with Crippen LogP contribution in [-0.4, -0.2) is 82.3 Å². The molecule has 0 aromatic carbocycles. The van der Waals surface area contributed by atoms with Crippen molar-refractivity contribution in [3.05, 3.63) is 13.8 Å². The maximum atomic E-state index is 10.3. The molecule has 26 heavy (non-hydrogen) atoms. The van der Waals surface area contributed by atoms with Crippen LogP contribution in [0.2, 0.25) is 0 Å². The average molecular weight is 621 g/mol. The molecular weight excluding hydrogens is 593 g/mol. The summed E-state index contributed by atoms with van der Waals surface area (Å²) < 4.78 is 21.7. The maximum absolute atomic E-state index is 10.3. The van der Waals surface area contributed by atoms with Gasteiger partial charge < -0.3 is 53.2 Å². The summed E-state index contributed by atoms with van der Waals surface area (Å²) in [4.78, 5) is 0. The van der Waals surface area contributed by atoms with Gasteiger partial charge in [0.1, 0.15) is 18.3 Å². The van der Waals surface area contributed by atoms with E-state index in [1.807, 2.05) is 6.92 Å². The molecule has 2 saturated heterocycles. The standard InChI is InChI=1S/C16H28O8.W.Y/c1-5-9-7(3)22-16(12(19)10(9)17)24-14-8(4)23-15(21-6-2)13(20)11(14)18;;/h7-20H,3-6H2,1-2H3;;/q-2;;/t7?,8?,9?,10-,11+,12?,13?,14?,15-,16+;;/m0../s1. The Bertz CT molecular complexity index is 406. The second kappa shape index (κ2) is 12.2. The molecule has 10 heteroatoms. The quantitative estimate of drug-likeness (QED) is 0.289. The van der Waals surface area contributed by atoms with Crippen molar-refractivity contribution in [2.75, 3.05) is 6.61 Å². The van der Waals surface area contributed by atoms with E-state index >= 15 is 0 Å². The number of rotatable bonds is 5. The van der Waals surface area contributed by atoms with Crippen molar-refractivity contribution in [3.63, 3.8) is 0 Å². The molecule has 2 rings (SSSR count). The summed E-state index contributed by atoms with van der Waals surface area (Å²) in [6.45, 7) is 11.4. The van der Waals surface area contributed by atoms with E-state index in [0.29, 0.717) is 13.0 Å². The third-order valence-corrected chi connectivity index (χ3v) is 4.59. The normalized spacial score (nSPS) is 46.2. The van der Waals surface area contributed by atoms with Crippen molar-refractivity contribution < 1.29 is 93.1 Å². The molecule has 2 aliphatic rings. The van der Waals surface area contributed by atoms with Crippen molar-refractivity contribution in [1.82, 2.24) is 0 Å². The number of aliphatic hydroxyl groups is 4. The minimum absolute atomic E-state index is 0. The van der Waals surface area contributed by atoms with Crippen LogP contribution in [0.15, 0.2) is 0 Å². The van der Waals surface area contributed by atoms with Gasteiger partial charge in [-0.05, 0) is 18.9 Å². The van der Waals surface area contributed by atoms with E-state index in [9.17, 15) is 20.4 Å². The van der Waals surface area contributed by atoms with Gasteiger partial charge in [0, 0.05) is 60.4 Å². The first-order chi connectivity index (χ1) is 11.3. The fourth-order valence-corrected chi connectivity index (χ4v) is 3.14. The van der Waals surface area contributed by atoms with E-state index in [1.165, 1.54) is 0 Å². The number of hydrogen-bond acceptors (Lipinski definition) is 8. The Labute approximate surface area is 194 Å². The van der Waals surface area contributed by atoms with Gasteiger partial charge in [-0.15, -0.1) is 0 Å². The van der Waals surface area contributed by atoms with Crippen LogP contribution in [0.4, 0.5) is 0 Å². The van der Waals surface area contributed by atoms with Gasteiger partial charge in [0.25, 0.3) is 0 Å². The van der Waals surface area contributed by atoms with Gasteiger partial charge in [-0.3, -0.25) is 0 Å². The molecule has 0 amide bonds. The van der Waals surface area contributed by atoms with E-state index in [0.717, 1.165) is 0 Å². The minimum Gasteiger partial charge on any atom is -0.390 e. The molecule has 2 aliphatic heterocycles. The Kier molecular flexibility index (Phi) is 12.9. The molecule has 1 radical (unpaired) electrons. The van der Waals surface area contributed by atoms with Crippen LogP contribution < -0.4 is 0 Å². The molecule has 6 unspecified atom stereocenters. The molecule has 0 aliphatic carbocycles. The summed E-state index contributed by atoms with van der Waals surface area (Å²) >= 11 is 0. The molecule has 2 heterocycles. The summed E-state index contributed by atoms with van der Waals surface area (Å²) in [6.07, 6.45) is -9.21. The molecule has 0 aromatic rings. The van der Waals surface area contributed by atoms with Crippen LogP contribution in [0.25, 0.3) is 0 Å². The summed E-state index contributed by atoms with van der Waals surface area (Å²) in [5, 5.41) is 40.7. The first-order valence-corrected chi connectivity index (χ1v) is 8.28. The van der Waals surface area contributed by atoms with Crippen LogP contribution >= 0.6 is 0 Å². The van der Waals surface area contributed by atoms with E-state index < -0.39 is 55.3 Å². The monoisotopic (exact) mass is 621 g/mol. The third kappa shape index (κ3) is 5.99. The average Bonchev–Trinajstić information content (AvgIpc) is 2.54. The van der Waals surface area contributed by atoms with Gasteiger partial charge >= 0.3 is 0 Å². The number of hydrogen-bond donors (Lipinski definition) is 4. The Morgan fingerprint density at radius 2 is 1.38 bits per heavy atom. The number of ether oxygens (including phenoxy) is 4. The zero-order valence-corrected chi connectivity index (χ0v) is 20.8. The van der Waals surface area contributed by atoms with Gasteiger partial charge in [0.2, 0.25) is 0 Å². The van der Waals surface area contributed by atoms with Gasteiger partial charge in [-0.25, -0.2) is 0 Å². The summed E-state index contributed by atoms with van der Waals surface area (Å²) in [5.74, 6) is -0.323. The van der Waals surface area contributed by atoms with E-state index in [4.69, 9.17) is 18.9 Å². The van der Waals surface area contributed by atoms with Gasteiger partial charge in [0.15, 0.2) is 12.6 Å². The maximum Gasteiger partial charge on any atom is 0.184 e. The van der Waals surface area contributed by atoms with Crippen LogP contribution in [0.1, 0.15) is 20.3 Å². The van der Waals surface area contributed by atoms with Crippen molar-refractivity contribution in [1.29, 1.82) is 0 Å². The fourth-order valence-electron chi connectivity index (χ4n) is 3.14. The molecule has 0 spiro atoms. The van der Waals surface area contributed by atoms with Crippen LogP contribution in [-0.2, 0) is 72.7 Å². The fraction of sp³-hybridized carbons (Fsp3) is 0.875. The van der Waals surface area contributed by atoms with Gasteiger partial charge in [-0.1, -0.05) is 19.4 Å². The summed E-state index contributed by atoms with van der Waals surface area (Å²) in [6, 6.07) is 0. The second-order valence-corrected chi connectivity index (χ2v) is 6.18. The predicted octanol–water partition coefficient (Wildman–Crippen LogP) is -1.01. The first-order valence-electron chi connectivity index (χ1n) is 8.28. The van der Waals surface area contributed by atoms with Crippen molar-refractivity contribution in [2.24, 2.45) is 5.92 Å². The largest absolute Gasteiger partial charge is 0.390 e.